The van der Waals surface area contributed by atoms with Crippen LogP contribution in [0.4, 0.5) is 0 Å². The van der Waals surface area contributed by atoms with Gasteiger partial charge in [0.25, 0.3) is 0 Å². The van der Waals surface area contributed by atoms with Crippen LogP contribution in [-0.2, 0) is 4.79 Å². The van der Waals surface area contributed by atoms with E-state index in [1.54, 1.807) is 0 Å². The minimum absolute atomic E-state index is 0.0949. The molecule has 1 aliphatic rings. The molecule has 2 N–H and O–H groups in total. The van der Waals surface area contributed by atoms with Gasteiger partial charge in [-0.1, -0.05) is 0 Å². The molecule has 134 valence electrons. The normalized spacial score (nSPS) is 19.6. The van der Waals surface area contributed by atoms with Crippen molar-refractivity contribution in [2.75, 3.05) is 0 Å². The first-order valence-electron chi connectivity index (χ1n) is 9.21. The minimum atomic E-state index is -0.888. The molecule has 1 aliphatic carbocycles. The van der Waals surface area contributed by atoms with Crippen molar-refractivity contribution in [3.05, 3.63) is 30.3 Å². The summed E-state index contributed by atoms with van der Waals surface area (Å²) in [4.78, 5) is 12.8. The van der Waals surface area contributed by atoms with E-state index >= 15 is 0 Å². The van der Waals surface area contributed by atoms with Crippen molar-refractivity contribution in [3.8, 4) is 0 Å². The van der Waals surface area contributed by atoms with Crippen molar-refractivity contribution in [2.45, 2.75) is 69.4 Å². The molecule has 3 nitrogen and oxygen atoms in total. The molecule has 0 aliphatic heterocycles. The van der Waals surface area contributed by atoms with E-state index in [0.29, 0.717) is 27.8 Å². The van der Waals surface area contributed by atoms with Crippen molar-refractivity contribution in [1.82, 2.24) is 0 Å². The van der Waals surface area contributed by atoms with Crippen LogP contribution in [0.25, 0.3) is 0 Å². The van der Waals surface area contributed by atoms with Gasteiger partial charge in [0.2, 0.25) is 0 Å². The second-order valence-corrected chi connectivity index (χ2v) is 9.23. The maximum atomic E-state index is 12.8. The van der Waals surface area contributed by atoms with Crippen LogP contribution in [0.1, 0.15) is 51.9 Å². The standard InChI is InChI=1S/C20H30O3Se/c1-2-18(21)17(13-14-24-16-11-7-4-8-12-16)20(23)19(22)15-9-5-3-6-10-15/h4,7-8,11-12,15,17-19,21-22H,2-3,5-6,9-10,13-14H2,1H3/t17-,18+,19+/m0/s1. The fraction of sp³-hybridized carbons (Fsp3) is 0.650. The van der Waals surface area contributed by atoms with Gasteiger partial charge in [-0.3, -0.25) is 0 Å². The second kappa shape index (κ2) is 10.3. The summed E-state index contributed by atoms with van der Waals surface area (Å²) < 4.78 is 1.31. The summed E-state index contributed by atoms with van der Waals surface area (Å²) in [5.41, 5.74) is 0. The van der Waals surface area contributed by atoms with Gasteiger partial charge in [-0.15, -0.1) is 0 Å². The van der Waals surface area contributed by atoms with E-state index in [0.717, 1.165) is 31.0 Å². The Hall–Kier alpha value is -0.671. The molecule has 0 heterocycles. The number of benzene rings is 1. The van der Waals surface area contributed by atoms with E-state index in [1.165, 1.54) is 10.9 Å². The van der Waals surface area contributed by atoms with Gasteiger partial charge in [0, 0.05) is 0 Å². The fourth-order valence-electron chi connectivity index (χ4n) is 3.53. The predicted molar refractivity (Wildman–Crippen MR) is 98.6 cm³/mol. The molecule has 1 fully saturated rings. The van der Waals surface area contributed by atoms with Gasteiger partial charge >= 0.3 is 152 Å². The Balaban J connectivity index is 1.92. The summed E-state index contributed by atoms with van der Waals surface area (Å²) in [6.07, 6.45) is 5.01. The second-order valence-electron chi connectivity index (χ2n) is 6.78. The van der Waals surface area contributed by atoms with Crippen LogP contribution in [-0.4, -0.2) is 43.2 Å². The molecule has 4 heteroatoms. The van der Waals surface area contributed by atoms with Gasteiger partial charge in [0.15, 0.2) is 0 Å². The van der Waals surface area contributed by atoms with Crippen molar-refractivity contribution in [2.24, 2.45) is 11.8 Å². The Morgan fingerprint density at radius 1 is 1.17 bits per heavy atom. The zero-order chi connectivity index (χ0) is 17.4. The molecule has 1 aromatic rings. The Labute approximate surface area is 152 Å². The summed E-state index contributed by atoms with van der Waals surface area (Å²) in [6.45, 7) is 1.90. The Kier molecular flexibility index (Phi) is 8.47. The zero-order valence-electron chi connectivity index (χ0n) is 14.6. The number of aliphatic hydroxyl groups is 2. The van der Waals surface area contributed by atoms with E-state index < -0.39 is 18.1 Å². The van der Waals surface area contributed by atoms with Crippen LogP contribution in [0.15, 0.2) is 30.3 Å². The van der Waals surface area contributed by atoms with E-state index in [-0.39, 0.29) is 11.7 Å². The average Bonchev–Trinajstić information content (AvgIpc) is 2.65. The zero-order valence-corrected chi connectivity index (χ0v) is 16.3. The SMILES string of the molecule is CC[C@@H](O)[C@H](CC[Se]c1ccccc1)C(=O)[C@H](O)C1CCCCC1. The third-order valence-corrected chi connectivity index (χ3v) is 7.27. The first kappa shape index (κ1) is 19.7. The third kappa shape index (κ3) is 5.70. The number of hydrogen-bond donors (Lipinski definition) is 2. The molecular weight excluding hydrogens is 367 g/mol. The van der Waals surface area contributed by atoms with Crippen LogP contribution < -0.4 is 4.46 Å². The number of hydrogen-bond acceptors (Lipinski definition) is 3. The third-order valence-electron chi connectivity index (χ3n) is 5.08. The predicted octanol–water partition coefficient (Wildman–Crippen LogP) is 2.72. The van der Waals surface area contributed by atoms with Crippen molar-refractivity contribution in [3.63, 3.8) is 0 Å². The molecule has 2 rings (SSSR count). The molecule has 0 saturated heterocycles. The Bertz CT molecular complexity index is 485. The van der Waals surface area contributed by atoms with Gasteiger partial charge < -0.3 is 0 Å². The molecule has 24 heavy (non-hydrogen) atoms. The number of ketones is 1. The Morgan fingerprint density at radius 2 is 1.83 bits per heavy atom. The van der Waals surface area contributed by atoms with Crippen molar-refractivity contribution in [1.29, 1.82) is 0 Å². The van der Waals surface area contributed by atoms with E-state index in [4.69, 9.17) is 0 Å². The quantitative estimate of drug-likeness (QED) is 0.630. The van der Waals surface area contributed by atoms with E-state index in [1.807, 2.05) is 25.1 Å². The molecule has 0 spiro atoms. The van der Waals surface area contributed by atoms with Crippen LogP contribution >= 0.6 is 0 Å². The van der Waals surface area contributed by atoms with Crippen molar-refractivity contribution < 1.29 is 15.0 Å². The van der Waals surface area contributed by atoms with Gasteiger partial charge in [-0.25, -0.2) is 0 Å². The van der Waals surface area contributed by atoms with Gasteiger partial charge in [-0.2, -0.15) is 0 Å². The first-order chi connectivity index (χ1) is 11.6. The van der Waals surface area contributed by atoms with Gasteiger partial charge in [-0.05, 0) is 0 Å². The number of aliphatic hydroxyl groups excluding tert-OH is 2. The summed E-state index contributed by atoms with van der Waals surface area (Å²) in [5, 5.41) is 21.7. The first-order valence-corrected chi connectivity index (χ1v) is 11.3. The molecule has 1 aromatic carbocycles. The van der Waals surface area contributed by atoms with Crippen LogP contribution in [0.5, 0.6) is 0 Å². The fourth-order valence-corrected chi connectivity index (χ4v) is 5.54. The van der Waals surface area contributed by atoms with Gasteiger partial charge in [0.05, 0.1) is 0 Å². The molecule has 0 amide bonds. The summed E-state index contributed by atoms with van der Waals surface area (Å²) >= 11 is 0.309. The summed E-state index contributed by atoms with van der Waals surface area (Å²) in [6, 6.07) is 10.3. The van der Waals surface area contributed by atoms with E-state index in [2.05, 4.69) is 12.1 Å². The van der Waals surface area contributed by atoms with Gasteiger partial charge in [0.1, 0.15) is 0 Å². The number of Topliss-reactive ketones (excluding diaryl/α,β-unsaturated/α-hetero) is 1. The topological polar surface area (TPSA) is 57.5 Å². The maximum absolute atomic E-state index is 12.8. The average molecular weight is 397 g/mol. The summed E-state index contributed by atoms with van der Waals surface area (Å²) in [7, 11) is 0. The number of carbonyl (C=O) groups excluding carboxylic acids is 1. The van der Waals surface area contributed by atoms with E-state index in [9.17, 15) is 15.0 Å². The molecule has 0 bridgehead atoms. The Morgan fingerprint density at radius 3 is 2.46 bits per heavy atom. The molecule has 0 radical (unpaired) electrons. The van der Waals surface area contributed by atoms with Crippen LogP contribution in [0.3, 0.4) is 0 Å². The monoisotopic (exact) mass is 398 g/mol. The molecule has 1 saturated carbocycles. The molecule has 0 aromatic heterocycles. The molecular formula is C20H30O3Se. The molecule has 0 unspecified atom stereocenters. The van der Waals surface area contributed by atoms with Crippen molar-refractivity contribution >= 4 is 25.2 Å². The number of carbonyl (C=O) groups is 1. The molecule has 3 atom stereocenters. The number of rotatable bonds is 9. The van der Waals surface area contributed by atoms with Crippen LogP contribution in [0, 0.1) is 11.8 Å². The summed E-state index contributed by atoms with van der Waals surface area (Å²) in [5.74, 6) is -0.449. The van der Waals surface area contributed by atoms with Crippen LogP contribution in [0.2, 0.25) is 5.32 Å².